The normalized spacial score (nSPS) is 12.1. The zero-order chi connectivity index (χ0) is 12.6. The van der Waals surface area contributed by atoms with Gasteiger partial charge in [-0.1, -0.05) is 9.69 Å². The summed E-state index contributed by atoms with van der Waals surface area (Å²) in [7, 11) is 5.09. The van der Waals surface area contributed by atoms with Crippen LogP contribution in [0.3, 0.4) is 0 Å². The first kappa shape index (κ1) is 11.2. The first-order chi connectivity index (χ1) is 8.13. The molecule has 0 saturated heterocycles. The van der Waals surface area contributed by atoms with Crippen molar-refractivity contribution in [2.75, 3.05) is 31.8 Å². The first-order valence-corrected chi connectivity index (χ1v) is 5.12. The van der Waals surface area contributed by atoms with Crippen LogP contribution in [0.15, 0.2) is 17.1 Å². The number of nitrogens with zero attached hydrogens (tertiary/aromatic N) is 3. The molecule has 1 aromatic heterocycles. The van der Waals surface area contributed by atoms with Crippen LogP contribution in [0.1, 0.15) is 0 Å². The van der Waals surface area contributed by atoms with Crippen molar-refractivity contribution in [1.29, 1.82) is 0 Å². The van der Waals surface area contributed by atoms with Gasteiger partial charge in [0, 0.05) is 26.8 Å². The van der Waals surface area contributed by atoms with Crippen LogP contribution in [0.4, 0.5) is 11.4 Å². The number of benzene rings is 1. The standard InChI is InChI=1S/C10H15N5O2/c1-11-6-4-7-9(8(5-6)12-2)14(16)15(17)10(7)13-3/h4-5,11-12,16-17H,1-3H3. The maximum Gasteiger partial charge on any atom is 0.196 e. The van der Waals surface area contributed by atoms with Gasteiger partial charge in [-0.3, -0.25) is 4.99 Å². The minimum atomic E-state index is 0.288. The number of fused-ring (bicyclic) bond motifs is 1. The molecule has 0 fully saturated rings. The molecule has 7 nitrogen and oxygen atoms in total. The van der Waals surface area contributed by atoms with E-state index in [4.69, 9.17) is 0 Å². The third-order valence-corrected chi connectivity index (χ3v) is 2.69. The predicted molar refractivity (Wildman–Crippen MR) is 64.9 cm³/mol. The number of hydrogen-bond donors (Lipinski definition) is 4. The van der Waals surface area contributed by atoms with Gasteiger partial charge in [0.1, 0.15) is 5.52 Å². The van der Waals surface area contributed by atoms with Crippen molar-refractivity contribution < 1.29 is 10.4 Å². The van der Waals surface area contributed by atoms with Gasteiger partial charge in [-0.05, 0) is 12.1 Å². The lowest BCUT2D eigenvalue weighted by Crippen LogP contribution is -2.20. The van der Waals surface area contributed by atoms with Crippen LogP contribution in [0, 0.1) is 0 Å². The van der Waals surface area contributed by atoms with Crippen molar-refractivity contribution in [3.63, 3.8) is 0 Å². The summed E-state index contributed by atoms with van der Waals surface area (Å²) < 4.78 is 0. The number of aromatic nitrogens is 2. The SMILES string of the molecule is CN=c1c2cc(NC)cc(NC)c2n(O)n1O. The third-order valence-electron chi connectivity index (χ3n) is 2.69. The topological polar surface area (TPSA) is 86.7 Å². The Morgan fingerprint density at radius 2 is 1.82 bits per heavy atom. The summed E-state index contributed by atoms with van der Waals surface area (Å²) >= 11 is 0. The minimum Gasteiger partial charge on any atom is -0.410 e. The molecule has 0 saturated carbocycles. The zero-order valence-electron chi connectivity index (χ0n) is 9.89. The average molecular weight is 237 g/mol. The van der Waals surface area contributed by atoms with Crippen molar-refractivity contribution in [1.82, 2.24) is 9.69 Å². The highest BCUT2D eigenvalue weighted by atomic mass is 16.6. The highest BCUT2D eigenvalue weighted by Crippen LogP contribution is 2.25. The average Bonchev–Trinajstić information content (AvgIpc) is 2.60. The summed E-state index contributed by atoms with van der Waals surface area (Å²) in [5.41, 5.74) is 2.30. The van der Waals surface area contributed by atoms with Crippen molar-refractivity contribution in [3.8, 4) is 0 Å². The smallest absolute Gasteiger partial charge is 0.196 e. The molecule has 0 radical (unpaired) electrons. The van der Waals surface area contributed by atoms with Crippen LogP contribution >= 0.6 is 0 Å². The molecule has 2 aromatic rings. The summed E-state index contributed by atoms with van der Waals surface area (Å²) in [5, 5.41) is 26.1. The molecule has 0 spiro atoms. The summed E-state index contributed by atoms with van der Waals surface area (Å²) in [6.45, 7) is 0. The second-order valence-electron chi connectivity index (χ2n) is 3.55. The second kappa shape index (κ2) is 3.93. The van der Waals surface area contributed by atoms with E-state index in [2.05, 4.69) is 15.6 Å². The van der Waals surface area contributed by atoms with E-state index in [1.165, 1.54) is 0 Å². The molecule has 92 valence electrons. The Bertz CT molecular complexity index is 626. The number of nitrogens with one attached hydrogen (secondary N) is 2. The molecule has 0 aliphatic heterocycles. The Hall–Kier alpha value is -2.31. The van der Waals surface area contributed by atoms with E-state index >= 15 is 0 Å². The molecule has 0 bridgehead atoms. The summed E-state index contributed by atoms with van der Waals surface area (Å²) in [6, 6.07) is 3.63. The fourth-order valence-corrected chi connectivity index (χ4v) is 1.86. The summed E-state index contributed by atoms with van der Waals surface area (Å²) in [4.78, 5) is 5.20. The monoisotopic (exact) mass is 237 g/mol. The molecule has 0 aliphatic rings. The lowest BCUT2D eigenvalue weighted by atomic mass is 10.2. The van der Waals surface area contributed by atoms with Gasteiger partial charge < -0.3 is 21.0 Å². The van der Waals surface area contributed by atoms with E-state index in [0.29, 0.717) is 26.3 Å². The number of rotatable bonds is 2. The van der Waals surface area contributed by atoms with E-state index in [1.54, 1.807) is 27.2 Å². The molecule has 17 heavy (non-hydrogen) atoms. The highest BCUT2D eigenvalue weighted by Gasteiger charge is 2.14. The van der Waals surface area contributed by atoms with Gasteiger partial charge in [-0.15, -0.1) is 0 Å². The molecular weight excluding hydrogens is 222 g/mol. The molecule has 0 atom stereocenters. The second-order valence-corrected chi connectivity index (χ2v) is 3.55. The minimum absolute atomic E-state index is 0.288. The van der Waals surface area contributed by atoms with Crippen LogP contribution in [0.25, 0.3) is 10.9 Å². The lowest BCUT2D eigenvalue weighted by Gasteiger charge is -2.07. The largest absolute Gasteiger partial charge is 0.410 e. The molecule has 1 aromatic carbocycles. The third kappa shape index (κ3) is 1.47. The molecule has 0 amide bonds. The van der Waals surface area contributed by atoms with Crippen molar-refractivity contribution in [2.24, 2.45) is 4.99 Å². The quantitative estimate of drug-likeness (QED) is 0.574. The first-order valence-electron chi connectivity index (χ1n) is 5.12. The van der Waals surface area contributed by atoms with Gasteiger partial charge in [0.25, 0.3) is 0 Å². The molecular formula is C10H15N5O2. The molecule has 0 aliphatic carbocycles. The Morgan fingerprint density at radius 3 is 2.35 bits per heavy atom. The Kier molecular flexibility index (Phi) is 2.58. The summed E-state index contributed by atoms with van der Waals surface area (Å²) in [5.74, 6) is 0. The van der Waals surface area contributed by atoms with E-state index < -0.39 is 0 Å². The van der Waals surface area contributed by atoms with Gasteiger partial charge >= 0.3 is 0 Å². The molecule has 7 heteroatoms. The van der Waals surface area contributed by atoms with Crippen LogP contribution in [0.5, 0.6) is 0 Å². The predicted octanol–water partition coefficient (Wildman–Crippen LogP) is 0.531. The maximum absolute atomic E-state index is 9.79. The highest BCUT2D eigenvalue weighted by molar-refractivity contribution is 5.93. The van der Waals surface area contributed by atoms with E-state index in [-0.39, 0.29) is 5.49 Å². The van der Waals surface area contributed by atoms with Crippen LogP contribution in [-0.4, -0.2) is 41.2 Å². The number of hydrogen-bond acceptors (Lipinski definition) is 5. The van der Waals surface area contributed by atoms with Crippen molar-refractivity contribution in [2.45, 2.75) is 0 Å². The molecule has 2 rings (SSSR count). The molecule has 0 unspecified atom stereocenters. The van der Waals surface area contributed by atoms with Crippen molar-refractivity contribution >= 4 is 22.3 Å². The zero-order valence-corrected chi connectivity index (χ0v) is 9.89. The van der Waals surface area contributed by atoms with E-state index in [1.807, 2.05) is 6.07 Å². The van der Waals surface area contributed by atoms with Gasteiger partial charge in [0.15, 0.2) is 5.49 Å². The fraction of sp³-hybridized carbons (Fsp3) is 0.300. The number of anilines is 2. The van der Waals surface area contributed by atoms with Crippen LogP contribution < -0.4 is 16.1 Å². The molecule has 1 heterocycles. The van der Waals surface area contributed by atoms with Crippen LogP contribution in [-0.2, 0) is 0 Å². The lowest BCUT2D eigenvalue weighted by molar-refractivity contribution is -0.00950. The van der Waals surface area contributed by atoms with Gasteiger partial charge in [0.2, 0.25) is 0 Å². The van der Waals surface area contributed by atoms with Crippen molar-refractivity contribution in [3.05, 3.63) is 17.6 Å². The Labute approximate surface area is 97.5 Å². The summed E-state index contributed by atoms with van der Waals surface area (Å²) in [6.07, 6.45) is 0. The maximum atomic E-state index is 9.79. The fourth-order valence-electron chi connectivity index (χ4n) is 1.86. The van der Waals surface area contributed by atoms with E-state index in [0.717, 1.165) is 5.69 Å². The van der Waals surface area contributed by atoms with Crippen LogP contribution in [0.2, 0.25) is 0 Å². The molecule has 4 N–H and O–H groups in total. The Morgan fingerprint density at radius 1 is 1.12 bits per heavy atom. The van der Waals surface area contributed by atoms with Gasteiger partial charge in [-0.25, -0.2) is 0 Å². The van der Waals surface area contributed by atoms with Gasteiger partial charge in [0.05, 0.1) is 11.1 Å². The van der Waals surface area contributed by atoms with Gasteiger partial charge in [-0.2, -0.15) is 0 Å². The Balaban J connectivity index is 3.00. The van der Waals surface area contributed by atoms with E-state index in [9.17, 15) is 10.4 Å².